The third-order valence-electron chi connectivity index (χ3n) is 4.65. The fourth-order valence-corrected chi connectivity index (χ4v) is 3.01. The number of morpholine rings is 1. The average Bonchev–Trinajstić information content (AvgIpc) is 3.40. The number of benzene rings is 1. The summed E-state index contributed by atoms with van der Waals surface area (Å²) in [7, 11) is 1.59. The van der Waals surface area contributed by atoms with Gasteiger partial charge in [0.25, 0.3) is 5.91 Å². The van der Waals surface area contributed by atoms with Gasteiger partial charge in [0.05, 0.1) is 32.2 Å². The lowest BCUT2D eigenvalue weighted by molar-refractivity contribution is 0.0332. The molecule has 31 heavy (non-hydrogen) atoms. The number of carbonyl (C=O) groups is 1. The maximum Gasteiger partial charge on any atom is 0.293 e. The van der Waals surface area contributed by atoms with Gasteiger partial charge in [-0.05, 0) is 40.1 Å². The van der Waals surface area contributed by atoms with Crippen LogP contribution in [0.5, 0.6) is 5.75 Å². The summed E-state index contributed by atoms with van der Waals surface area (Å²) < 4.78 is 16.5. The minimum absolute atomic E-state index is 0.0395. The van der Waals surface area contributed by atoms with Crippen LogP contribution < -0.4 is 15.9 Å². The topological polar surface area (TPSA) is 159 Å². The van der Waals surface area contributed by atoms with Gasteiger partial charge in [0, 0.05) is 19.6 Å². The maximum atomic E-state index is 12.8. The van der Waals surface area contributed by atoms with Crippen LogP contribution in [0.2, 0.25) is 0 Å². The summed E-state index contributed by atoms with van der Waals surface area (Å²) in [4.78, 5) is 14.9. The zero-order valence-corrected chi connectivity index (χ0v) is 16.8. The molecule has 0 saturated carbocycles. The van der Waals surface area contributed by atoms with Crippen molar-refractivity contribution in [2.75, 3.05) is 39.1 Å². The molecule has 1 aliphatic heterocycles. The SMILES string of the molecule is COc1ccc(C=NNC(=O)c2nnn(-c3nonc3N)c2CN2CCOCC2)cc1. The molecule has 3 heterocycles. The number of hydrogen-bond donors (Lipinski definition) is 2. The molecule has 0 spiro atoms. The van der Waals surface area contributed by atoms with Crippen molar-refractivity contribution in [2.45, 2.75) is 6.54 Å². The van der Waals surface area contributed by atoms with Crippen LogP contribution in [-0.4, -0.2) is 75.7 Å². The first kappa shape index (κ1) is 20.4. The molecular weight excluding hydrogens is 406 g/mol. The third kappa shape index (κ3) is 4.67. The van der Waals surface area contributed by atoms with Crippen molar-refractivity contribution in [3.63, 3.8) is 0 Å². The number of nitrogens with zero attached hydrogens (tertiary/aromatic N) is 7. The normalized spacial score (nSPS) is 14.7. The summed E-state index contributed by atoms with van der Waals surface area (Å²) in [5.74, 6) is 0.413. The molecule has 1 saturated heterocycles. The molecule has 0 bridgehead atoms. The monoisotopic (exact) mass is 427 g/mol. The maximum absolute atomic E-state index is 12.8. The van der Waals surface area contributed by atoms with Crippen molar-refractivity contribution in [1.82, 2.24) is 35.6 Å². The zero-order valence-electron chi connectivity index (χ0n) is 16.8. The summed E-state index contributed by atoms with van der Waals surface area (Å²) >= 11 is 0. The van der Waals surface area contributed by atoms with E-state index in [0.717, 1.165) is 11.3 Å². The highest BCUT2D eigenvalue weighted by atomic mass is 16.6. The molecule has 162 valence electrons. The number of hydrazone groups is 1. The quantitative estimate of drug-likeness (QED) is 0.383. The van der Waals surface area contributed by atoms with Crippen molar-refractivity contribution in [3.8, 4) is 11.6 Å². The summed E-state index contributed by atoms with van der Waals surface area (Å²) in [5.41, 5.74) is 9.66. The average molecular weight is 427 g/mol. The number of anilines is 1. The molecule has 0 unspecified atom stereocenters. The van der Waals surface area contributed by atoms with Crippen molar-refractivity contribution >= 4 is 17.9 Å². The van der Waals surface area contributed by atoms with Gasteiger partial charge in [-0.2, -0.15) is 9.78 Å². The molecule has 2 aromatic heterocycles. The minimum atomic E-state index is -0.519. The molecule has 1 fully saturated rings. The van der Waals surface area contributed by atoms with E-state index in [-0.39, 0.29) is 17.3 Å². The fraction of sp³-hybridized carbons (Fsp3) is 0.333. The molecule has 13 heteroatoms. The number of methoxy groups -OCH3 is 1. The Labute approximate surface area is 176 Å². The van der Waals surface area contributed by atoms with E-state index < -0.39 is 5.91 Å². The van der Waals surface area contributed by atoms with Gasteiger partial charge in [-0.1, -0.05) is 5.21 Å². The van der Waals surface area contributed by atoms with Crippen LogP contribution in [0.4, 0.5) is 5.82 Å². The van der Waals surface area contributed by atoms with Gasteiger partial charge in [-0.15, -0.1) is 5.10 Å². The number of nitrogen functional groups attached to an aromatic ring is 1. The minimum Gasteiger partial charge on any atom is -0.497 e. The third-order valence-corrected chi connectivity index (χ3v) is 4.65. The van der Waals surface area contributed by atoms with E-state index >= 15 is 0 Å². The number of hydrogen-bond acceptors (Lipinski definition) is 11. The smallest absolute Gasteiger partial charge is 0.293 e. The van der Waals surface area contributed by atoms with Crippen LogP contribution in [0.25, 0.3) is 5.82 Å². The molecular formula is C18H21N9O4. The van der Waals surface area contributed by atoms with Crippen molar-refractivity contribution in [2.24, 2.45) is 5.10 Å². The number of carbonyl (C=O) groups excluding carboxylic acids is 1. The van der Waals surface area contributed by atoms with Crippen LogP contribution in [0.3, 0.4) is 0 Å². The Morgan fingerprint density at radius 3 is 2.74 bits per heavy atom. The molecule has 1 aromatic carbocycles. The van der Waals surface area contributed by atoms with Crippen LogP contribution >= 0.6 is 0 Å². The highest BCUT2D eigenvalue weighted by molar-refractivity contribution is 5.94. The largest absolute Gasteiger partial charge is 0.497 e. The van der Waals surface area contributed by atoms with Gasteiger partial charge >= 0.3 is 0 Å². The van der Waals surface area contributed by atoms with Gasteiger partial charge in [0.1, 0.15) is 5.75 Å². The Morgan fingerprint density at radius 1 is 1.29 bits per heavy atom. The second-order valence-electron chi connectivity index (χ2n) is 6.63. The summed E-state index contributed by atoms with van der Waals surface area (Å²) in [6.07, 6.45) is 1.52. The van der Waals surface area contributed by atoms with Gasteiger partial charge in [0.2, 0.25) is 11.6 Å². The summed E-state index contributed by atoms with van der Waals surface area (Å²) in [6.45, 7) is 2.99. The first-order valence-electron chi connectivity index (χ1n) is 9.46. The predicted octanol–water partition coefficient (Wildman–Crippen LogP) is -0.163. The molecule has 13 nitrogen and oxygen atoms in total. The lowest BCUT2D eigenvalue weighted by Crippen LogP contribution is -2.37. The van der Waals surface area contributed by atoms with E-state index in [0.29, 0.717) is 38.5 Å². The number of rotatable bonds is 7. The fourth-order valence-electron chi connectivity index (χ4n) is 3.01. The van der Waals surface area contributed by atoms with Crippen molar-refractivity contribution in [3.05, 3.63) is 41.2 Å². The lowest BCUT2D eigenvalue weighted by Gasteiger charge is -2.26. The van der Waals surface area contributed by atoms with Crippen LogP contribution in [0, 0.1) is 0 Å². The molecule has 0 atom stereocenters. The first-order valence-corrected chi connectivity index (χ1v) is 9.46. The number of ether oxygens (including phenoxy) is 2. The number of nitrogens with one attached hydrogen (secondary N) is 1. The summed E-state index contributed by atoms with van der Waals surface area (Å²) in [5, 5.41) is 19.4. The van der Waals surface area contributed by atoms with E-state index in [1.807, 2.05) is 12.1 Å². The Bertz CT molecular complexity index is 1050. The zero-order chi connectivity index (χ0) is 21.6. The van der Waals surface area contributed by atoms with E-state index in [1.165, 1.54) is 10.9 Å². The van der Waals surface area contributed by atoms with Crippen molar-refractivity contribution in [1.29, 1.82) is 0 Å². The second-order valence-corrected chi connectivity index (χ2v) is 6.63. The predicted molar refractivity (Wildman–Crippen MR) is 108 cm³/mol. The van der Waals surface area contributed by atoms with E-state index in [9.17, 15) is 4.79 Å². The van der Waals surface area contributed by atoms with Crippen molar-refractivity contribution < 1.29 is 18.9 Å². The van der Waals surface area contributed by atoms with Gasteiger partial charge in [0.15, 0.2) is 5.69 Å². The highest BCUT2D eigenvalue weighted by Gasteiger charge is 2.26. The van der Waals surface area contributed by atoms with Crippen LogP contribution in [0.1, 0.15) is 21.7 Å². The molecule has 0 aliphatic carbocycles. The Morgan fingerprint density at radius 2 is 2.06 bits per heavy atom. The molecule has 3 aromatic rings. The number of aromatic nitrogens is 5. The second kappa shape index (κ2) is 9.32. The summed E-state index contributed by atoms with van der Waals surface area (Å²) in [6, 6.07) is 7.22. The Hall–Kier alpha value is -3.84. The molecule has 3 N–H and O–H groups in total. The van der Waals surface area contributed by atoms with Crippen LogP contribution in [-0.2, 0) is 11.3 Å². The molecule has 1 amide bonds. The van der Waals surface area contributed by atoms with E-state index in [1.54, 1.807) is 19.2 Å². The Balaban J connectivity index is 1.54. The first-order chi connectivity index (χ1) is 15.2. The van der Waals surface area contributed by atoms with Crippen LogP contribution in [0.15, 0.2) is 34.0 Å². The number of amides is 1. The van der Waals surface area contributed by atoms with Gasteiger partial charge in [-0.25, -0.2) is 10.1 Å². The molecule has 1 aliphatic rings. The highest BCUT2D eigenvalue weighted by Crippen LogP contribution is 2.18. The molecule has 4 rings (SSSR count). The van der Waals surface area contributed by atoms with E-state index in [2.05, 4.69) is 40.7 Å². The Kier molecular flexibility index (Phi) is 6.14. The van der Waals surface area contributed by atoms with Gasteiger partial charge in [-0.3, -0.25) is 9.69 Å². The van der Waals surface area contributed by atoms with E-state index in [4.69, 9.17) is 15.2 Å². The van der Waals surface area contributed by atoms with Gasteiger partial charge < -0.3 is 15.2 Å². The lowest BCUT2D eigenvalue weighted by atomic mass is 10.2. The standard InChI is InChI=1S/C18H21N9O4/c1-29-13-4-2-12(3-5-13)10-20-22-18(28)15-14(11-26-6-8-30-9-7-26)27(25-21-15)17-16(19)23-31-24-17/h2-5,10H,6-9,11H2,1H3,(H2,19,23)(H,22,28). The molecule has 0 radical (unpaired) electrons. The number of nitrogens with two attached hydrogens (primary N) is 1.